The molecular formula is C37H46O6. The molecule has 4 aromatic rings. The van der Waals surface area contributed by atoms with Crippen molar-refractivity contribution in [3.8, 4) is 11.5 Å². The molecule has 2 aromatic carbocycles. The molecule has 4 heterocycles. The number of methoxy groups -OCH3 is 1. The molecule has 2 aliphatic heterocycles. The molecule has 2 aliphatic rings. The zero-order valence-corrected chi connectivity index (χ0v) is 27.5. The molecule has 0 saturated carbocycles. The summed E-state index contributed by atoms with van der Waals surface area (Å²) in [5.41, 5.74) is 4.26. The number of benzene rings is 2. The van der Waals surface area contributed by atoms with E-state index in [1.165, 1.54) is 11.1 Å². The van der Waals surface area contributed by atoms with Gasteiger partial charge in [0.2, 0.25) is 0 Å². The number of fused-ring (bicyclic) bond motifs is 2. The second kappa shape index (κ2) is 10.4. The molecule has 6 rings (SSSR count). The lowest BCUT2D eigenvalue weighted by Crippen LogP contribution is -2.24. The van der Waals surface area contributed by atoms with Gasteiger partial charge in [0.05, 0.1) is 20.3 Å². The quantitative estimate of drug-likeness (QED) is 0.257. The summed E-state index contributed by atoms with van der Waals surface area (Å²) in [5.74, 6) is 4.37. The molecule has 0 fully saturated rings. The summed E-state index contributed by atoms with van der Waals surface area (Å²) in [6.45, 7) is 23.5. The van der Waals surface area contributed by atoms with Crippen molar-refractivity contribution in [1.29, 1.82) is 0 Å². The van der Waals surface area contributed by atoms with Gasteiger partial charge in [0.1, 0.15) is 22.7 Å². The smallest absolute Gasteiger partial charge is 0.170 e. The Morgan fingerprint density at radius 3 is 1.53 bits per heavy atom. The number of phenols is 1. The zero-order chi connectivity index (χ0) is 31.5. The minimum Gasteiger partial charge on any atom is -0.508 e. The number of hydrogen-bond acceptors (Lipinski definition) is 6. The fraction of sp³-hybridized carbons (Fsp3) is 0.459. The van der Waals surface area contributed by atoms with E-state index < -0.39 is 0 Å². The second-order valence-corrected chi connectivity index (χ2v) is 15.1. The fourth-order valence-electron chi connectivity index (χ4n) is 6.91. The molecule has 0 atom stereocenters. The number of aromatic hydroxyl groups is 1. The Morgan fingerprint density at radius 1 is 0.651 bits per heavy atom. The standard InChI is InChI=1S/C19H24O3.C18H22O3/c1-18(2,3)17-16(21-11-19(17,4)5)15-10-12-9-13(20-6)7-8-14(12)22-15;1-17(2,3)16-15(20-10-18(16,4)5)14-9-11-8-12(19)6-7-13(11)21-14/h7-10H,11H2,1-6H3;6-9,19H,10H2,1-5H3. The van der Waals surface area contributed by atoms with E-state index in [1.54, 1.807) is 25.3 Å². The zero-order valence-electron chi connectivity index (χ0n) is 27.5. The topological polar surface area (TPSA) is 74.2 Å². The summed E-state index contributed by atoms with van der Waals surface area (Å²) in [7, 11) is 1.67. The van der Waals surface area contributed by atoms with Gasteiger partial charge in [-0.25, -0.2) is 0 Å². The third-order valence-electron chi connectivity index (χ3n) is 8.13. The highest BCUT2D eigenvalue weighted by molar-refractivity contribution is 5.84. The van der Waals surface area contributed by atoms with Crippen LogP contribution in [0.1, 0.15) is 80.8 Å². The molecule has 0 unspecified atom stereocenters. The van der Waals surface area contributed by atoms with Crippen LogP contribution in [0.25, 0.3) is 33.5 Å². The van der Waals surface area contributed by atoms with Crippen molar-refractivity contribution in [3.05, 3.63) is 71.2 Å². The minimum absolute atomic E-state index is 0.00526. The summed E-state index contributed by atoms with van der Waals surface area (Å²) in [4.78, 5) is 0. The highest BCUT2D eigenvalue weighted by Gasteiger charge is 2.43. The Balaban J connectivity index is 0.000000171. The highest BCUT2D eigenvalue weighted by Crippen LogP contribution is 2.51. The molecule has 6 heteroatoms. The number of rotatable bonds is 3. The van der Waals surface area contributed by atoms with Gasteiger partial charge < -0.3 is 28.2 Å². The normalized spacial score (nSPS) is 18.1. The second-order valence-electron chi connectivity index (χ2n) is 15.1. The summed E-state index contributed by atoms with van der Waals surface area (Å²) < 4.78 is 29.3. The fourth-order valence-corrected chi connectivity index (χ4v) is 6.91. The molecule has 0 amide bonds. The van der Waals surface area contributed by atoms with Gasteiger partial charge in [0.25, 0.3) is 0 Å². The first-order chi connectivity index (χ1) is 19.9. The maximum Gasteiger partial charge on any atom is 0.170 e. The first kappa shape index (κ1) is 30.7. The molecule has 0 saturated heterocycles. The number of furan rings is 2. The molecular weight excluding hydrogens is 540 g/mol. The molecule has 6 nitrogen and oxygen atoms in total. The maximum absolute atomic E-state index is 9.58. The number of ether oxygens (including phenoxy) is 3. The molecule has 0 bridgehead atoms. The molecule has 0 aliphatic carbocycles. The number of phenolic OH excluding ortho intramolecular Hbond substituents is 1. The van der Waals surface area contributed by atoms with Gasteiger partial charge in [-0.1, -0.05) is 69.2 Å². The van der Waals surface area contributed by atoms with E-state index in [1.807, 2.05) is 30.3 Å². The van der Waals surface area contributed by atoms with E-state index >= 15 is 0 Å². The lowest BCUT2D eigenvalue weighted by atomic mass is 9.71. The van der Waals surface area contributed by atoms with Crippen LogP contribution in [0.2, 0.25) is 0 Å². The lowest BCUT2D eigenvalue weighted by molar-refractivity contribution is 0.210. The van der Waals surface area contributed by atoms with Crippen molar-refractivity contribution >= 4 is 33.5 Å². The third-order valence-corrected chi connectivity index (χ3v) is 8.13. The summed E-state index contributed by atoms with van der Waals surface area (Å²) in [6.07, 6.45) is 0. The molecule has 43 heavy (non-hydrogen) atoms. The lowest BCUT2D eigenvalue weighted by Gasteiger charge is -2.30. The van der Waals surface area contributed by atoms with Gasteiger partial charge in [-0.05, 0) is 70.5 Å². The van der Waals surface area contributed by atoms with Crippen LogP contribution in [-0.2, 0) is 9.47 Å². The van der Waals surface area contributed by atoms with Crippen molar-refractivity contribution < 1.29 is 28.2 Å². The van der Waals surface area contributed by atoms with Crippen LogP contribution in [0.5, 0.6) is 11.5 Å². The summed E-state index contributed by atoms with van der Waals surface area (Å²) in [5, 5.41) is 11.5. The SMILES string of the molecule is CC(C)(C)C1=C(c2cc3cc(O)ccc3o2)OCC1(C)C.COc1ccc2oc(C3=C(C(C)(C)C)C(C)(C)CO3)cc2c1. The Bertz CT molecular complexity index is 1730. The van der Waals surface area contributed by atoms with Crippen LogP contribution in [-0.4, -0.2) is 25.4 Å². The van der Waals surface area contributed by atoms with Crippen LogP contribution in [0.3, 0.4) is 0 Å². The Morgan fingerprint density at radius 2 is 1.09 bits per heavy atom. The first-order valence-corrected chi connectivity index (χ1v) is 15.0. The van der Waals surface area contributed by atoms with E-state index in [0.29, 0.717) is 13.2 Å². The van der Waals surface area contributed by atoms with E-state index in [4.69, 9.17) is 23.0 Å². The molecule has 1 N–H and O–H groups in total. The predicted octanol–water partition coefficient (Wildman–Crippen LogP) is 10.2. The minimum atomic E-state index is -0.00526. The van der Waals surface area contributed by atoms with Crippen molar-refractivity contribution in [1.82, 2.24) is 0 Å². The predicted molar refractivity (Wildman–Crippen MR) is 173 cm³/mol. The van der Waals surface area contributed by atoms with E-state index in [9.17, 15) is 5.11 Å². The van der Waals surface area contributed by atoms with Crippen molar-refractivity contribution in [2.75, 3.05) is 20.3 Å². The molecule has 0 spiro atoms. The monoisotopic (exact) mass is 586 g/mol. The van der Waals surface area contributed by atoms with Gasteiger partial charge in [-0.3, -0.25) is 0 Å². The van der Waals surface area contributed by atoms with Crippen LogP contribution in [0.15, 0.2) is 68.5 Å². The summed E-state index contributed by atoms with van der Waals surface area (Å²) >= 11 is 0. The van der Waals surface area contributed by atoms with Crippen LogP contribution in [0.4, 0.5) is 0 Å². The van der Waals surface area contributed by atoms with Crippen LogP contribution in [0, 0.1) is 21.7 Å². The maximum atomic E-state index is 9.58. The Labute approximate surface area is 255 Å². The van der Waals surface area contributed by atoms with E-state index in [-0.39, 0.29) is 27.4 Å². The average molecular weight is 587 g/mol. The summed E-state index contributed by atoms with van der Waals surface area (Å²) in [6, 6.07) is 14.9. The first-order valence-electron chi connectivity index (χ1n) is 15.0. The Hall–Kier alpha value is -3.80. The van der Waals surface area contributed by atoms with Crippen molar-refractivity contribution in [2.24, 2.45) is 21.7 Å². The van der Waals surface area contributed by atoms with Crippen molar-refractivity contribution in [3.63, 3.8) is 0 Å². The van der Waals surface area contributed by atoms with Gasteiger partial charge in [0, 0.05) is 21.6 Å². The molecule has 0 radical (unpaired) electrons. The van der Waals surface area contributed by atoms with Gasteiger partial charge in [0.15, 0.2) is 23.0 Å². The van der Waals surface area contributed by atoms with Crippen LogP contribution < -0.4 is 4.74 Å². The highest BCUT2D eigenvalue weighted by atomic mass is 16.5. The van der Waals surface area contributed by atoms with Gasteiger partial charge >= 0.3 is 0 Å². The third kappa shape index (κ3) is 5.89. The van der Waals surface area contributed by atoms with Gasteiger partial charge in [-0.2, -0.15) is 0 Å². The van der Waals surface area contributed by atoms with Crippen LogP contribution >= 0.6 is 0 Å². The van der Waals surface area contributed by atoms with Crippen molar-refractivity contribution in [2.45, 2.75) is 69.2 Å². The largest absolute Gasteiger partial charge is 0.508 e. The molecule has 230 valence electrons. The van der Waals surface area contributed by atoms with Gasteiger partial charge in [-0.15, -0.1) is 0 Å². The van der Waals surface area contributed by atoms with E-state index in [0.717, 1.165) is 50.7 Å². The average Bonchev–Trinajstić information content (AvgIpc) is 3.64. The van der Waals surface area contributed by atoms with E-state index in [2.05, 4.69) is 69.2 Å². The Kier molecular flexibility index (Phi) is 7.43. The molecule has 2 aromatic heterocycles. The number of hydrogen-bond donors (Lipinski definition) is 1.